The normalized spacial score (nSPS) is 10.9. The van der Waals surface area contributed by atoms with Gasteiger partial charge < -0.3 is 10.1 Å². The molecule has 1 heterocycles. The van der Waals surface area contributed by atoms with Crippen molar-refractivity contribution in [3.63, 3.8) is 0 Å². The Kier molecular flexibility index (Phi) is 4.82. The van der Waals surface area contributed by atoms with Gasteiger partial charge >= 0.3 is 5.97 Å². The van der Waals surface area contributed by atoms with Crippen LogP contribution in [0.15, 0.2) is 24.4 Å². The number of anilines is 1. The summed E-state index contributed by atoms with van der Waals surface area (Å²) < 4.78 is 4.97. The largest absolute Gasteiger partial charge is 0.462 e. The van der Waals surface area contributed by atoms with E-state index in [1.54, 1.807) is 25.1 Å². The highest BCUT2D eigenvalue weighted by Gasteiger charge is 2.10. The number of carbonyl (C=O) groups is 1. The van der Waals surface area contributed by atoms with Crippen molar-refractivity contribution < 1.29 is 9.53 Å². The standard InChI is InChI=1S/C14H14N6O2/c1-3-22-14(21)12-5-4-11(6-9(12)2)16-8-10(7-15)13-17-19-20-18-13/h4-6,8,16H,3H2,1-2H3,(H,17,18,19,20). The third kappa shape index (κ3) is 3.46. The van der Waals surface area contributed by atoms with Gasteiger partial charge in [0.1, 0.15) is 11.6 Å². The number of nitriles is 1. The van der Waals surface area contributed by atoms with Crippen LogP contribution in [0.2, 0.25) is 0 Å². The topological polar surface area (TPSA) is 117 Å². The summed E-state index contributed by atoms with van der Waals surface area (Å²) in [6, 6.07) is 7.15. The van der Waals surface area contributed by atoms with Crippen molar-refractivity contribution in [3.05, 3.63) is 41.4 Å². The van der Waals surface area contributed by atoms with Crippen LogP contribution in [0, 0.1) is 18.3 Å². The Hall–Kier alpha value is -3.21. The molecule has 1 aromatic heterocycles. The summed E-state index contributed by atoms with van der Waals surface area (Å²) in [6.07, 6.45) is 1.48. The fourth-order valence-corrected chi connectivity index (χ4v) is 1.77. The molecule has 0 aliphatic carbocycles. The van der Waals surface area contributed by atoms with Gasteiger partial charge in [-0.05, 0) is 42.8 Å². The molecule has 0 saturated heterocycles. The van der Waals surface area contributed by atoms with Gasteiger partial charge in [0.15, 0.2) is 0 Å². The first-order valence-corrected chi connectivity index (χ1v) is 6.54. The number of H-pyrrole nitrogens is 1. The SMILES string of the molecule is CCOC(=O)c1ccc(NC=C(C#N)c2nn[nH]n2)cc1C. The van der Waals surface area contributed by atoms with Crippen LogP contribution in [0.5, 0.6) is 0 Å². The summed E-state index contributed by atoms with van der Waals surface area (Å²) in [5, 5.41) is 25.2. The Morgan fingerprint density at radius 3 is 2.95 bits per heavy atom. The molecule has 0 atom stereocenters. The smallest absolute Gasteiger partial charge is 0.338 e. The highest BCUT2D eigenvalue weighted by Crippen LogP contribution is 2.17. The maximum absolute atomic E-state index is 11.7. The minimum absolute atomic E-state index is 0.204. The van der Waals surface area contributed by atoms with Gasteiger partial charge in [-0.25, -0.2) is 4.79 Å². The number of aromatic amines is 1. The lowest BCUT2D eigenvalue weighted by Gasteiger charge is -2.08. The molecule has 112 valence electrons. The molecular weight excluding hydrogens is 284 g/mol. The van der Waals surface area contributed by atoms with E-state index in [9.17, 15) is 4.79 Å². The molecule has 0 bridgehead atoms. The summed E-state index contributed by atoms with van der Waals surface area (Å²) >= 11 is 0. The van der Waals surface area contributed by atoms with Crippen LogP contribution in [0.1, 0.15) is 28.7 Å². The molecule has 0 radical (unpaired) electrons. The molecule has 2 rings (SSSR count). The molecule has 2 aromatic rings. The number of hydrogen-bond acceptors (Lipinski definition) is 7. The van der Waals surface area contributed by atoms with Crippen LogP contribution < -0.4 is 5.32 Å². The van der Waals surface area contributed by atoms with Crippen LogP contribution in [-0.4, -0.2) is 33.2 Å². The molecule has 2 N–H and O–H groups in total. The Labute approximate surface area is 126 Å². The summed E-state index contributed by atoms with van der Waals surface area (Å²) in [4.78, 5) is 11.7. The number of tetrazole rings is 1. The van der Waals surface area contributed by atoms with Crippen LogP contribution >= 0.6 is 0 Å². The second-order valence-corrected chi connectivity index (χ2v) is 4.30. The number of rotatable bonds is 5. The molecule has 0 saturated carbocycles. The van der Waals surface area contributed by atoms with E-state index < -0.39 is 0 Å². The summed E-state index contributed by atoms with van der Waals surface area (Å²) in [5.74, 6) is -0.151. The van der Waals surface area contributed by atoms with Gasteiger partial charge in [-0.3, -0.25) is 0 Å². The van der Waals surface area contributed by atoms with Crippen LogP contribution in [0.3, 0.4) is 0 Å². The highest BCUT2D eigenvalue weighted by atomic mass is 16.5. The molecule has 0 unspecified atom stereocenters. The highest BCUT2D eigenvalue weighted by molar-refractivity contribution is 5.91. The number of aryl methyl sites for hydroxylation is 1. The van der Waals surface area contributed by atoms with E-state index in [0.717, 1.165) is 11.3 Å². The van der Waals surface area contributed by atoms with Crippen LogP contribution in [0.25, 0.3) is 5.57 Å². The third-order valence-corrected chi connectivity index (χ3v) is 2.81. The number of hydrogen-bond donors (Lipinski definition) is 2. The zero-order valence-corrected chi connectivity index (χ0v) is 12.1. The summed E-state index contributed by atoms with van der Waals surface area (Å²) in [6.45, 7) is 3.90. The van der Waals surface area contributed by atoms with Gasteiger partial charge in [0.05, 0.1) is 12.2 Å². The number of carbonyl (C=O) groups excluding carboxylic acids is 1. The number of ether oxygens (including phenoxy) is 1. The van der Waals surface area contributed by atoms with Gasteiger partial charge in [0.2, 0.25) is 5.82 Å². The number of esters is 1. The number of nitrogens with one attached hydrogen (secondary N) is 2. The quantitative estimate of drug-likeness (QED) is 0.636. The maximum Gasteiger partial charge on any atom is 0.338 e. The van der Waals surface area contributed by atoms with E-state index >= 15 is 0 Å². The maximum atomic E-state index is 11.7. The van der Waals surface area contributed by atoms with Crippen molar-refractivity contribution in [1.29, 1.82) is 5.26 Å². The Bertz CT molecular complexity index is 730. The van der Waals surface area contributed by atoms with E-state index in [1.807, 2.05) is 13.0 Å². The Balaban J connectivity index is 2.16. The summed E-state index contributed by atoms with van der Waals surface area (Å²) in [5.41, 5.74) is 2.24. The van der Waals surface area contributed by atoms with Gasteiger partial charge in [-0.2, -0.15) is 10.5 Å². The number of nitrogens with zero attached hydrogens (tertiary/aromatic N) is 4. The molecule has 0 amide bonds. The van der Waals surface area contributed by atoms with Crippen molar-refractivity contribution in [2.24, 2.45) is 0 Å². The minimum atomic E-state index is -0.355. The minimum Gasteiger partial charge on any atom is -0.462 e. The van der Waals surface area contributed by atoms with Crippen LogP contribution in [0.4, 0.5) is 5.69 Å². The molecule has 8 heteroatoms. The summed E-state index contributed by atoms with van der Waals surface area (Å²) in [7, 11) is 0. The molecular formula is C14H14N6O2. The monoisotopic (exact) mass is 298 g/mol. The van der Waals surface area contributed by atoms with E-state index in [4.69, 9.17) is 10.00 Å². The molecule has 0 aliphatic heterocycles. The van der Waals surface area contributed by atoms with Crippen molar-refractivity contribution in [2.75, 3.05) is 11.9 Å². The number of aromatic nitrogens is 4. The molecule has 0 fully saturated rings. The average molecular weight is 298 g/mol. The van der Waals surface area contributed by atoms with Gasteiger partial charge in [-0.1, -0.05) is 0 Å². The van der Waals surface area contributed by atoms with E-state index in [1.165, 1.54) is 6.20 Å². The molecule has 0 aliphatic rings. The fraction of sp³-hybridized carbons (Fsp3) is 0.214. The van der Waals surface area contributed by atoms with Gasteiger partial charge in [0.25, 0.3) is 0 Å². The second kappa shape index (κ2) is 6.99. The first-order valence-electron chi connectivity index (χ1n) is 6.54. The first-order chi connectivity index (χ1) is 10.7. The van der Waals surface area contributed by atoms with E-state index in [-0.39, 0.29) is 17.4 Å². The lowest BCUT2D eigenvalue weighted by atomic mass is 10.1. The van der Waals surface area contributed by atoms with Crippen LogP contribution in [-0.2, 0) is 4.74 Å². The van der Waals surface area contributed by atoms with Gasteiger partial charge in [0, 0.05) is 11.9 Å². The number of allylic oxidation sites excluding steroid dienone is 1. The Morgan fingerprint density at radius 1 is 1.55 bits per heavy atom. The fourth-order valence-electron chi connectivity index (χ4n) is 1.77. The third-order valence-electron chi connectivity index (χ3n) is 2.81. The lowest BCUT2D eigenvalue weighted by molar-refractivity contribution is 0.0525. The predicted molar refractivity (Wildman–Crippen MR) is 78.5 cm³/mol. The van der Waals surface area contributed by atoms with Crippen molar-refractivity contribution in [3.8, 4) is 6.07 Å². The van der Waals surface area contributed by atoms with Crippen molar-refractivity contribution in [1.82, 2.24) is 20.6 Å². The molecule has 0 spiro atoms. The van der Waals surface area contributed by atoms with E-state index in [0.29, 0.717) is 12.2 Å². The van der Waals surface area contributed by atoms with Crippen molar-refractivity contribution >= 4 is 17.2 Å². The predicted octanol–water partition coefficient (Wildman–Crippen LogP) is 1.66. The molecule has 22 heavy (non-hydrogen) atoms. The number of benzene rings is 1. The Morgan fingerprint density at radius 2 is 2.36 bits per heavy atom. The average Bonchev–Trinajstić information content (AvgIpc) is 3.02. The molecule has 1 aromatic carbocycles. The van der Waals surface area contributed by atoms with Gasteiger partial charge in [-0.15, -0.1) is 10.2 Å². The first kappa shape index (κ1) is 15.2. The zero-order valence-electron chi connectivity index (χ0n) is 12.1. The lowest BCUT2D eigenvalue weighted by Crippen LogP contribution is -2.06. The zero-order chi connectivity index (χ0) is 15.9. The second-order valence-electron chi connectivity index (χ2n) is 4.30. The molecule has 8 nitrogen and oxygen atoms in total. The van der Waals surface area contributed by atoms with Crippen molar-refractivity contribution in [2.45, 2.75) is 13.8 Å². The van der Waals surface area contributed by atoms with E-state index in [2.05, 4.69) is 25.9 Å².